The van der Waals surface area contributed by atoms with Crippen LogP contribution in [-0.2, 0) is 0 Å². The molecule has 0 unspecified atom stereocenters. The van der Waals surface area contributed by atoms with E-state index in [9.17, 15) is 22.8 Å². The van der Waals surface area contributed by atoms with Gasteiger partial charge in [0.1, 0.15) is 5.56 Å². The minimum atomic E-state index is -4.33. The quantitative estimate of drug-likeness (QED) is 0.864. The molecule has 1 fully saturated rings. The molecule has 116 valence electrons. The first-order chi connectivity index (χ1) is 9.66. The average molecular weight is 308 g/mol. The molecular formula is C11H11F3N2O5. The number of carboxylic acids is 1. The van der Waals surface area contributed by atoms with Crippen molar-refractivity contribution in [3.63, 3.8) is 0 Å². The first-order valence-electron chi connectivity index (χ1n) is 5.92. The molecule has 7 nitrogen and oxygen atoms in total. The van der Waals surface area contributed by atoms with Gasteiger partial charge in [-0.25, -0.2) is 9.59 Å². The summed E-state index contributed by atoms with van der Waals surface area (Å²) in [4.78, 5) is 21.5. The van der Waals surface area contributed by atoms with E-state index in [1.807, 2.05) is 0 Å². The second-order valence-corrected chi connectivity index (χ2v) is 4.76. The lowest BCUT2D eigenvalue weighted by atomic mass is 10.0. The van der Waals surface area contributed by atoms with Gasteiger partial charge in [-0.1, -0.05) is 0 Å². The molecule has 1 aliphatic carbocycles. The summed E-state index contributed by atoms with van der Waals surface area (Å²) in [5.41, 5.74) is -2.29. The molecular weight excluding hydrogens is 297 g/mol. The molecule has 1 saturated carbocycles. The molecule has 0 aromatic carbocycles. The van der Waals surface area contributed by atoms with Crippen molar-refractivity contribution in [2.75, 3.05) is 6.61 Å². The number of aromatic nitrogens is 2. The van der Waals surface area contributed by atoms with Crippen molar-refractivity contribution >= 4 is 12.1 Å². The second-order valence-electron chi connectivity index (χ2n) is 4.76. The van der Waals surface area contributed by atoms with Crippen LogP contribution in [0, 0.1) is 5.41 Å². The van der Waals surface area contributed by atoms with Gasteiger partial charge in [-0.3, -0.25) is 0 Å². The molecule has 10 heteroatoms. The van der Waals surface area contributed by atoms with Gasteiger partial charge in [-0.15, -0.1) is 5.10 Å². The molecule has 0 spiro atoms. The van der Waals surface area contributed by atoms with Crippen LogP contribution in [0.25, 0.3) is 0 Å². The summed E-state index contributed by atoms with van der Waals surface area (Å²) in [6.07, 6.45) is -5.44. The lowest BCUT2D eigenvalue weighted by Gasteiger charge is -2.18. The highest BCUT2D eigenvalue weighted by atomic mass is 19.4. The summed E-state index contributed by atoms with van der Waals surface area (Å²) < 4.78 is 43.3. The Morgan fingerprint density at radius 2 is 2.00 bits per heavy atom. The fourth-order valence-electron chi connectivity index (χ4n) is 1.88. The summed E-state index contributed by atoms with van der Waals surface area (Å²) >= 11 is 0. The van der Waals surface area contributed by atoms with Crippen molar-refractivity contribution < 1.29 is 37.7 Å². The largest absolute Gasteiger partial charge is 0.477 e. The van der Waals surface area contributed by atoms with Gasteiger partial charge in [0.15, 0.2) is 0 Å². The van der Waals surface area contributed by atoms with E-state index in [0.29, 0.717) is 4.68 Å². The zero-order valence-electron chi connectivity index (χ0n) is 10.6. The maximum Gasteiger partial charge on any atom is 0.432 e. The van der Waals surface area contributed by atoms with Gasteiger partial charge >= 0.3 is 18.2 Å². The number of halogens is 3. The van der Waals surface area contributed by atoms with Crippen LogP contribution in [0.3, 0.4) is 0 Å². The van der Waals surface area contributed by atoms with Gasteiger partial charge in [0.25, 0.3) is 0 Å². The summed E-state index contributed by atoms with van der Waals surface area (Å²) in [5, 5.41) is 20.9. The first-order valence-corrected chi connectivity index (χ1v) is 5.92. The number of carboxylic acid groups (broad SMARTS) is 2. The number of hydrogen-bond donors (Lipinski definition) is 2. The van der Waals surface area contributed by atoms with Crippen molar-refractivity contribution in [3.05, 3.63) is 11.8 Å². The van der Waals surface area contributed by atoms with Gasteiger partial charge < -0.3 is 14.9 Å². The third-order valence-electron chi connectivity index (χ3n) is 3.38. The molecule has 1 heterocycles. The Morgan fingerprint density at radius 1 is 1.38 bits per heavy atom. The van der Waals surface area contributed by atoms with Gasteiger partial charge in [0.2, 0.25) is 5.88 Å². The van der Waals surface area contributed by atoms with Gasteiger partial charge in [0, 0.05) is 0 Å². The van der Waals surface area contributed by atoms with E-state index in [0.717, 1.165) is 6.20 Å². The molecule has 1 aromatic heterocycles. The van der Waals surface area contributed by atoms with E-state index in [1.54, 1.807) is 0 Å². The maximum atomic E-state index is 12.7. The van der Waals surface area contributed by atoms with E-state index < -0.39 is 41.7 Å². The van der Waals surface area contributed by atoms with Crippen LogP contribution in [-0.4, -0.2) is 44.8 Å². The predicted molar refractivity (Wildman–Crippen MR) is 60.4 cm³/mol. The van der Waals surface area contributed by atoms with Crippen molar-refractivity contribution in [2.45, 2.75) is 25.4 Å². The highest BCUT2D eigenvalue weighted by molar-refractivity contribution is 5.90. The van der Waals surface area contributed by atoms with Crippen LogP contribution < -0.4 is 4.74 Å². The first kappa shape index (κ1) is 15.1. The van der Waals surface area contributed by atoms with E-state index >= 15 is 0 Å². The van der Waals surface area contributed by atoms with E-state index in [4.69, 9.17) is 14.9 Å². The third-order valence-corrected chi connectivity index (χ3v) is 3.38. The number of aromatic carboxylic acids is 1. The number of rotatable bonds is 5. The van der Waals surface area contributed by atoms with Gasteiger partial charge in [0.05, 0.1) is 18.2 Å². The Labute approximate surface area is 115 Å². The molecule has 0 amide bonds. The summed E-state index contributed by atoms with van der Waals surface area (Å²) in [6.45, 7) is -0.392. The number of carbonyl (C=O) groups is 2. The number of nitrogens with zero attached hydrogens (tertiary/aromatic N) is 2. The monoisotopic (exact) mass is 308 g/mol. The van der Waals surface area contributed by atoms with Crippen LogP contribution in [0.15, 0.2) is 6.20 Å². The van der Waals surface area contributed by atoms with Gasteiger partial charge in [-0.2, -0.15) is 17.9 Å². The molecule has 2 N–H and O–H groups in total. The van der Waals surface area contributed by atoms with Crippen molar-refractivity contribution in [3.8, 4) is 5.88 Å². The van der Waals surface area contributed by atoms with E-state index in [1.165, 1.54) is 0 Å². The summed E-state index contributed by atoms with van der Waals surface area (Å²) in [5.74, 6) is -1.99. The standard InChI is InChI=1S/C11H11F3N2O5/c12-11(13,14)10(1-2-10)3-4-21-7-6(8(17)18)5-16(15-7)9(19)20/h5H,1-4H2,(H,17,18)(H,19,20). The molecule has 0 atom stereocenters. The smallest absolute Gasteiger partial charge is 0.432 e. The Bertz CT molecular complexity index is 577. The topological polar surface area (TPSA) is 102 Å². The minimum Gasteiger partial charge on any atom is -0.477 e. The van der Waals surface area contributed by atoms with Crippen LogP contribution in [0.1, 0.15) is 29.6 Å². The number of hydrogen-bond acceptors (Lipinski definition) is 4. The Hall–Kier alpha value is -2.26. The lowest BCUT2D eigenvalue weighted by Crippen LogP contribution is -2.26. The summed E-state index contributed by atoms with van der Waals surface area (Å²) in [6, 6.07) is 0. The molecule has 1 aromatic rings. The molecule has 2 rings (SSSR count). The molecule has 0 bridgehead atoms. The highest BCUT2D eigenvalue weighted by Gasteiger charge is 2.62. The second kappa shape index (κ2) is 4.93. The van der Waals surface area contributed by atoms with E-state index in [-0.39, 0.29) is 19.3 Å². The molecule has 1 aliphatic rings. The van der Waals surface area contributed by atoms with Crippen LogP contribution in [0.2, 0.25) is 0 Å². The zero-order chi connectivity index (χ0) is 15.8. The van der Waals surface area contributed by atoms with Crippen LogP contribution in [0.4, 0.5) is 18.0 Å². The lowest BCUT2D eigenvalue weighted by molar-refractivity contribution is -0.190. The maximum absolute atomic E-state index is 12.7. The molecule has 0 radical (unpaired) electrons. The third kappa shape index (κ3) is 2.93. The van der Waals surface area contributed by atoms with Crippen molar-refractivity contribution in [1.29, 1.82) is 0 Å². The zero-order valence-corrected chi connectivity index (χ0v) is 10.6. The van der Waals surface area contributed by atoms with E-state index in [2.05, 4.69) is 5.10 Å². The normalized spacial score (nSPS) is 16.5. The van der Waals surface area contributed by atoms with Crippen molar-refractivity contribution in [2.24, 2.45) is 5.41 Å². The van der Waals surface area contributed by atoms with Crippen LogP contribution >= 0.6 is 0 Å². The fraction of sp³-hybridized carbons (Fsp3) is 0.545. The number of alkyl halides is 3. The SMILES string of the molecule is O=C(O)c1cn(C(=O)O)nc1OCCC1(C(F)(F)F)CC1. The minimum absolute atomic E-state index is 0.00914. The molecule has 21 heavy (non-hydrogen) atoms. The Balaban J connectivity index is 2.03. The van der Waals surface area contributed by atoms with Crippen molar-refractivity contribution in [1.82, 2.24) is 9.78 Å². The molecule has 0 aliphatic heterocycles. The average Bonchev–Trinajstić information content (AvgIpc) is 3.01. The Kier molecular flexibility index (Phi) is 3.56. The molecule has 0 saturated heterocycles. The highest BCUT2D eigenvalue weighted by Crippen LogP contribution is 2.59. The number of ether oxygens (including phenoxy) is 1. The van der Waals surface area contributed by atoms with Crippen LogP contribution in [0.5, 0.6) is 5.88 Å². The summed E-state index contributed by atoms with van der Waals surface area (Å²) in [7, 11) is 0. The Morgan fingerprint density at radius 3 is 2.43 bits per heavy atom. The predicted octanol–water partition coefficient (Wildman–Crippen LogP) is 2.22. The van der Waals surface area contributed by atoms with Gasteiger partial charge in [-0.05, 0) is 19.3 Å². The fourth-order valence-corrected chi connectivity index (χ4v) is 1.88.